The molecule has 0 spiro atoms. The average molecular weight is 455 g/mol. The quantitative estimate of drug-likeness (QED) is 0.397. The maximum atomic E-state index is 11.1. The number of fused-ring (bicyclic) bond motifs is 1. The molecule has 1 amide bonds. The molecule has 30 heavy (non-hydrogen) atoms. The molecule has 2 aliphatic rings. The summed E-state index contributed by atoms with van der Waals surface area (Å²) in [5.74, 6) is 1.38. The second-order valence-electron chi connectivity index (χ2n) is 5.59. The molecule has 2 heterocycles. The molecule has 0 aromatic heterocycles. The van der Waals surface area contributed by atoms with E-state index in [4.69, 9.17) is 0 Å². The number of amides is 1. The van der Waals surface area contributed by atoms with Crippen LogP contribution in [0.3, 0.4) is 0 Å². The Morgan fingerprint density at radius 1 is 1.13 bits per heavy atom. The summed E-state index contributed by atoms with van der Waals surface area (Å²) in [6.07, 6.45) is 8.00. The van der Waals surface area contributed by atoms with E-state index in [0.717, 1.165) is 43.2 Å². The van der Waals surface area contributed by atoms with E-state index in [0.29, 0.717) is 5.75 Å². The van der Waals surface area contributed by atoms with E-state index in [1.807, 2.05) is 44.2 Å². The largest absolute Gasteiger partial charge is 1.00 e. The van der Waals surface area contributed by atoms with Crippen molar-refractivity contribution < 1.29 is 56.2 Å². The van der Waals surface area contributed by atoms with Crippen LogP contribution in [-0.2, 0) is 10.5 Å². The van der Waals surface area contributed by atoms with E-state index >= 15 is 0 Å². The van der Waals surface area contributed by atoms with Crippen molar-refractivity contribution in [2.75, 3.05) is 31.9 Å². The standard InChI is InChI=1S/C11H17N2.C9H9NOS.C2H6.2CH3.K/c1-3-5-6-11(4-2)13-9-7-12-8-10-13;11-9-6-12-5-7-3-1-2-4-8(7)10-9;1-2;;;/h3-6H,1,7-10H2,2H3;1-4H,5-6H2,(H,10,11);1-2H3;2*1H3;/q-1;;;2*-1;+1/p-1/b6-5-,11-4+;;;;;. The summed E-state index contributed by atoms with van der Waals surface area (Å²) in [7, 11) is 0. The third-order valence-electron chi connectivity index (χ3n) is 3.84. The van der Waals surface area contributed by atoms with Gasteiger partial charge in [0.15, 0.2) is 0 Å². The van der Waals surface area contributed by atoms with Gasteiger partial charge < -0.3 is 35.2 Å². The monoisotopic (exact) mass is 454 g/mol. The Labute approximate surface area is 232 Å². The van der Waals surface area contributed by atoms with Crippen LogP contribution in [0.1, 0.15) is 26.3 Å². The van der Waals surface area contributed by atoms with Crippen molar-refractivity contribution in [1.82, 2.24) is 4.90 Å². The SMILES string of the molecule is C=C/C=C\C(=C/C)N1CC[N-]CC1.CC.O=C1CSCc2ccccc2[N-]1.[CH3-].[CH3-].[K+]. The van der Waals surface area contributed by atoms with Crippen LogP contribution >= 0.6 is 11.8 Å². The van der Waals surface area contributed by atoms with Crippen molar-refractivity contribution in [3.63, 3.8) is 0 Å². The first-order chi connectivity index (χ1) is 13.2. The predicted molar refractivity (Wildman–Crippen MR) is 133 cm³/mol. The van der Waals surface area contributed by atoms with Gasteiger partial charge in [-0.3, -0.25) is 0 Å². The minimum Gasteiger partial charge on any atom is -0.659 e. The van der Waals surface area contributed by atoms with Crippen LogP contribution in [-0.4, -0.2) is 42.7 Å². The number of hydrogen-bond donors (Lipinski definition) is 0. The zero-order valence-electron chi connectivity index (χ0n) is 19.7. The van der Waals surface area contributed by atoms with Crippen molar-refractivity contribution in [2.45, 2.75) is 26.5 Å². The number of carbonyl (C=O) groups excluding carboxylic acids is 1. The van der Waals surface area contributed by atoms with Gasteiger partial charge in [-0.05, 0) is 26.1 Å². The number of carbonyl (C=O) groups is 1. The van der Waals surface area contributed by atoms with Crippen molar-refractivity contribution in [3.8, 4) is 0 Å². The van der Waals surface area contributed by atoms with Crippen molar-refractivity contribution in [3.05, 3.63) is 91.9 Å². The number of piperazine rings is 1. The van der Waals surface area contributed by atoms with Crippen LogP contribution in [0.25, 0.3) is 10.6 Å². The van der Waals surface area contributed by atoms with Gasteiger partial charge in [0, 0.05) is 17.2 Å². The van der Waals surface area contributed by atoms with E-state index in [1.54, 1.807) is 17.8 Å². The first kappa shape index (κ1) is 34.3. The summed E-state index contributed by atoms with van der Waals surface area (Å²) in [5.41, 5.74) is 3.27. The van der Waals surface area contributed by atoms with Gasteiger partial charge in [0.1, 0.15) is 0 Å². The maximum absolute atomic E-state index is 11.1. The molecule has 0 aliphatic carbocycles. The van der Waals surface area contributed by atoms with Gasteiger partial charge in [0.2, 0.25) is 0 Å². The Morgan fingerprint density at radius 3 is 2.37 bits per heavy atom. The summed E-state index contributed by atoms with van der Waals surface area (Å²) < 4.78 is 0. The van der Waals surface area contributed by atoms with Crippen LogP contribution in [0, 0.1) is 14.9 Å². The molecule has 1 fully saturated rings. The molecule has 0 unspecified atom stereocenters. The molecule has 1 aromatic carbocycles. The van der Waals surface area contributed by atoms with E-state index in [9.17, 15) is 4.79 Å². The van der Waals surface area contributed by atoms with Crippen LogP contribution in [0.2, 0.25) is 0 Å². The van der Waals surface area contributed by atoms with E-state index < -0.39 is 0 Å². The number of benzene rings is 1. The predicted octanol–water partition coefficient (Wildman–Crippen LogP) is 3.72. The molecular weight excluding hydrogens is 417 g/mol. The van der Waals surface area contributed by atoms with Crippen LogP contribution in [0.15, 0.2) is 60.8 Å². The van der Waals surface area contributed by atoms with E-state index in [-0.39, 0.29) is 72.1 Å². The molecule has 4 nitrogen and oxygen atoms in total. The minimum atomic E-state index is -0.0232. The molecule has 0 atom stereocenters. The molecule has 0 bridgehead atoms. The first-order valence-corrected chi connectivity index (χ1v) is 10.6. The molecular formula is C24H37KN3OS-3. The molecule has 1 aromatic rings. The number of thioether (sulfide) groups is 1. The van der Waals surface area contributed by atoms with Gasteiger partial charge in [0.05, 0.1) is 5.91 Å². The molecule has 0 radical (unpaired) electrons. The second-order valence-corrected chi connectivity index (χ2v) is 6.58. The normalized spacial score (nSPS) is 15.1. The fourth-order valence-corrected chi connectivity index (χ4v) is 3.38. The maximum Gasteiger partial charge on any atom is 1.00 e. The van der Waals surface area contributed by atoms with E-state index in [2.05, 4.69) is 41.2 Å². The molecule has 2 aliphatic heterocycles. The fraction of sp³-hybridized carbons (Fsp3) is 0.375. The van der Waals surface area contributed by atoms with Gasteiger partial charge in [-0.2, -0.15) is 11.8 Å². The zero-order valence-corrected chi connectivity index (χ0v) is 23.7. The summed E-state index contributed by atoms with van der Waals surface area (Å²) in [4.78, 5) is 13.4. The van der Waals surface area contributed by atoms with Gasteiger partial charge in [0.25, 0.3) is 0 Å². The first-order valence-electron chi connectivity index (χ1n) is 9.48. The van der Waals surface area contributed by atoms with Gasteiger partial charge >= 0.3 is 51.4 Å². The Balaban J connectivity index is -0.000000411. The van der Waals surface area contributed by atoms with Gasteiger partial charge in [-0.25, -0.2) is 0 Å². The van der Waals surface area contributed by atoms with E-state index in [1.165, 1.54) is 5.70 Å². The Bertz CT molecular complexity index is 641. The van der Waals surface area contributed by atoms with Crippen LogP contribution < -0.4 is 51.4 Å². The van der Waals surface area contributed by atoms with Crippen molar-refractivity contribution >= 4 is 23.4 Å². The number of nitrogens with zero attached hydrogens (tertiary/aromatic N) is 3. The number of rotatable bonds is 3. The summed E-state index contributed by atoms with van der Waals surface area (Å²) in [5, 5.41) is 8.29. The molecule has 1 saturated heterocycles. The third-order valence-corrected chi connectivity index (χ3v) is 4.81. The molecule has 0 saturated carbocycles. The smallest absolute Gasteiger partial charge is 0.659 e. The topological polar surface area (TPSA) is 48.5 Å². The molecule has 164 valence electrons. The third kappa shape index (κ3) is 13.2. The Morgan fingerprint density at radius 2 is 1.77 bits per heavy atom. The summed E-state index contributed by atoms with van der Waals surface area (Å²) in [6.45, 7) is 13.7. The fourth-order valence-electron chi connectivity index (χ4n) is 2.57. The number of para-hydroxylation sites is 1. The Hall–Kier alpha value is -0.344. The van der Waals surface area contributed by atoms with Crippen LogP contribution in [0.4, 0.5) is 5.69 Å². The number of allylic oxidation sites excluding steroid dienone is 4. The minimum absolute atomic E-state index is 0. The number of hydrogen-bond acceptors (Lipinski definition) is 3. The average Bonchev–Trinajstić information content (AvgIpc) is 2.92. The summed E-state index contributed by atoms with van der Waals surface area (Å²) >= 11 is 1.62. The summed E-state index contributed by atoms with van der Waals surface area (Å²) in [6, 6.07) is 7.79. The molecule has 0 N–H and O–H groups in total. The molecule has 6 heteroatoms. The van der Waals surface area contributed by atoms with Crippen molar-refractivity contribution in [1.29, 1.82) is 0 Å². The van der Waals surface area contributed by atoms with Gasteiger partial charge in [-0.15, -0.1) is 18.8 Å². The zero-order chi connectivity index (χ0) is 19.9. The van der Waals surface area contributed by atoms with Crippen LogP contribution in [0.5, 0.6) is 0 Å². The Kier molecular flexibility index (Phi) is 25.0. The van der Waals surface area contributed by atoms with Crippen molar-refractivity contribution in [2.24, 2.45) is 0 Å². The van der Waals surface area contributed by atoms with Gasteiger partial charge in [-0.1, -0.05) is 68.5 Å². The second kappa shape index (κ2) is 21.9. The molecule has 3 rings (SSSR count).